The van der Waals surface area contributed by atoms with Gasteiger partial charge in [-0.2, -0.15) is 0 Å². The third-order valence-corrected chi connectivity index (χ3v) is 3.28. The third-order valence-electron chi connectivity index (χ3n) is 2.58. The monoisotopic (exact) mass is 244 g/mol. The Labute approximate surface area is 113 Å². The van der Waals surface area contributed by atoms with Crippen molar-refractivity contribution in [1.82, 2.24) is 5.32 Å². The molecule has 1 aliphatic carbocycles. The predicted molar refractivity (Wildman–Crippen MR) is 52.8 cm³/mol. The van der Waals surface area contributed by atoms with Crippen LogP contribution < -0.4 is 40.6 Å². The molecule has 1 fully saturated rings. The van der Waals surface area contributed by atoms with Crippen molar-refractivity contribution in [3.8, 4) is 0 Å². The average Bonchev–Trinajstić information content (AvgIpc) is 2.06. The third kappa shape index (κ3) is 6.88. The van der Waals surface area contributed by atoms with Crippen molar-refractivity contribution in [2.45, 2.75) is 37.8 Å². The van der Waals surface area contributed by atoms with Crippen molar-refractivity contribution in [3.63, 3.8) is 0 Å². The van der Waals surface area contributed by atoms with E-state index in [-0.39, 0.29) is 53.9 Å². The average molecular weight is 244 g/mol. The maximum absolute atomic E-state index is 10.3. The number of nitrogens with one attached hydrogen (secondary N) is 1. The van der Waals surface area contributed by atoms with Crippen LogP contribution in [0.5, 0.6) is 0 Å². The van der Waals surface area contributed by atoms with Crippen LogP contribution in [0, 0.1) is 0 Å². The first-order chi connectivity index (χ1) is 6.49. The van der Waals surface area contributed by atoms with Gasteiger partial charge in [0.1, 0.15) is 0 Å². The van der Waals surface area contributed by atoms with E-state index in [1.165, 1.54) is 0 Å². The summed E-state index contributed by atoms with van der Waals surface area (Å²) < 4.78 is 31.0. The van der Waals surface area contributed by atoms with Crippen LogP contribution in [0.1, 0.15) is 25.7 Å². The van der Waals surface area contributed by atoms with E-state index in [0.29, 0.717) is 0 Å². The molecule has 0 amide bonds. The van der Waals surface area contributed by atoms with Gasteiger partial charge in [-0.05, 0) is 12.8 Å². The Morgan fingerprint density at radius 1 is 1.33 bits per heavy atom. The van der Waals surface area contributed by atoms with E-state index in [1.807, 2.05) is 0 Å². The smallest absolute Gasteiger partial charge is 0.748 e. The van der Waals surface area contributed by atoms with Crippen molar-refractivity contribution in [1.29, 1.82) is 0 Å². The molecule has 5 nitrogen and oxygen atoms in total. The largest absolute Gasteiger partial charge is 1.00 e. The molecule has 1 rings (SSSR count). The van der Waals surface area contributed by atoms with Gasteiger partial charge in [0.15, 0.2) is 0 Å². The summed E-state index contributed by atoms with van der Waals surface area (Å²) in [5.41, 5.74) is 5.84. The molecule has 2 atom stereocenters. The number of nitrogens with two attached hydrogens (primary N) is 1. The summed E-state index contributed by atoms with van der Waals surface area (Å²) >= 11 is 0. The van der Waals surface area contributed by atoms with Crippen LogP contribution in [-0.4, -0.2) is 37.4 Å². The molecule has 2 unspecified atom stereocenters. The Hall–Kier alpha value is 0.830. The second-order valence-corrected chi connectivity index (χ2v) is 5.29. The van der Waals surface area contributed by atoms with E-state index in [0.717, 1.165) is 25.7 Å². The van der Waals surface area contributed by atoms with Gasteiger partial charge in [-0.3, -0.25) is 0 Å². The first-order valence-electron chi connectivity index (χ1n) is 4.91. The number of hydrogen-bond donors (Lipinski definition) is 2. The Balaban J connectivity index is 0.00000196. The Morgan fingerprint density at radius 2 is 1.93 bits per heavy atom. The fourth-order valence-corrected chi connectivity index (χ4v) is 2.15. The maximum Gasteiger partial charge on any atom is 1.00 e. The molecule has 0 bridgehead atoms. The second kappa shape index (κ2) is 7.21. The van der Waals surface area contributed by atoms with Crippen LogP contribution in [0.4, 0.5) is 0 Å². The summed E-state index contributed by atoms with van der Waals surface area (Å²) in [4.78, 5) is 0. The first-order valence-corrected chi connectivity index (χ1v) is 6.49. The molecule has 0 radical (unpaired) electrons. The van der Waals surface area contributed by atoms with Crippen LogP contribution >= 0.6 is 0 Å². The van der Waals surface area contributed by atoms with Crippen LogP contribution in [0.25, 0.3) is 0 Å². The van der Waals surface area contributed by atoms with Gasteiger partial charge in [-0.15, -0.1) is 0 Å². The van der Waals surface area contributed by atoms with E-state index in [4.69, 9.17) is 5.73 Å². The van der Waals surface area contributed by atoms with E-state index >= 15 is 0 Å². The second-order valence-electron chi connectivity index (χ2n) is 3.77. The van der Waals surface area contributed by atoms with Gasteiger partial charge in [-0.25, -0.2) is 8.42 Å². The molecular weight excluding hydrogens is 227 g/mol. The molecule has 0 aromatic heterocycles. The van der Waals surface area contributed by atoms with Gasteiger partial charge in [0, 0.05) is 18.6 Å². The first kappa shape index (κ1) is 15.8. The zero-order valence-corrected chi connectivity index (χ0v) is 11.9. The van der Waals surface area contributed by atoms with Crippen molar-refractivity contribution in [3.05, 3.63) is 0 Å². The van der Waals surface area contributed by atoms with Gasteiger partial charge >= 0.3 is 29.6 Å². The van der Waals surface area contributed by atoms with Gasteiger partial charge in [0.25, 0.3) is 0 Å². The standard InChI is InChI=1S/C8H18N2O3S.Na/c9-7-3-1-2-4-8(7)10-5-6-14(11,12)13;/h7-8,10H,1-6,9H2,(H,11,12,13);/q;+1/p-1. The molecule has 0 aromatic rings. The summed E-state index contributed by atoms with van der Waals surface area (Å²) in [6, 6.07) is 0.267. The molecule has 7 heteroatoms. The fraction of sp³-hybridized carbons (Fsp3) is 1.00. The van der Waals surface area contributed by atoms with Crippen molar-refractivity contribution in [2.75, 3.05) is 12.3 Å². The minimum atomic E-state index is -4.10. The molecule has 1 aliphatic rings. The molecule has 0 aromatic carbocycles. The zero-order valence-electron chi connectivity index (χ0n) is 9.11. The Kier molecular flexibility index (Phi) is 7.61. The van der Waals surface area contributed by atoms with E-state index < -0.39 is 10.1 Å². The Bertz CT molecular complexity index is 271. The fourth-order valence-electron chi connectivity index (χ4n) is 1.78. The number of hydrogen-bond acceptors (Lipinski definition) is 5. The van der Waals surface area contributed by atoms with Gasteiger partial charge in [-0.1, -0.05) is 12.8 Å². The summed E-state index contributed by atoms with van der Waals surface area (Å²) in [5.74, 6) is -0.351. The summed E-state index contributed by atoms with van der Waals surface area (Å²) in [7, 11) is -4.10. The normalized spacial score (nSPS) is 27.1. The maximum atomic E-state index is 10.3. The van der Waals surface area contributed by atoms with Crippen molar-refractivity contribution in [2.24, 2.45) is 5.73 Å². The summed E-state index contributed by atoms with van der Waals surface area (Å²) in [6.07, 6.45) is 4.20. The van der Waals surface area contributed by atoms with Crippen molar-refractivity contribution < 1.29 is 42.5 Å². The molecule has 0 spiro atoms. The van der Waals surface area contributed by atoms with Gasteiger partial charge in [0.2, 0.25) is 0 Å². The summed E-state index contributed by atoms with van der Waals surface area (Å²) in [6.45, 7) is 0.212. The molecule has 15 heavy (non-hydrogen) atoms. The molecule has 1 saturated carbocycles. The minimum Gasteiger partial charge on any atom is -0.748 e. The molecule has 3 N–H and O–H groups in total. The van der Waals surface area contributed by atoms with Crippen LogP contribution in [0.2, 0.25) is 0 Å². The van der Waals surface area contributed by atoms with E-state index in [9.17, 15) is 13.0 Å². The van der Waals surface area contributed by atoms with Crippen LogP contribution in [-0.2, 0) is 10.1 Å². The van der Waals surface area contributed by atoms with E-state index in [2.05, 4.69) is 5.32 Å². The molecule has 0 saturated heterocycles. The SMILES string of the molecule is NC1CCCCC1NCCS(=O)(=O)[O-].[Na+]. The molecule has 84 valence electrons. The molecule has 0 aliphatic heterocycles. The molecule has 0 heterocycles. The van der Waals surface area contributed by atoms with Crippen LogP contribution in [0.15, 0.2) is 0 Å². The van der Waals surface area contributed by atoms with Crippen LogP contribution in [0.3, 0.4) is 0 Å². The molecular formula is C8H17N2NaO3S. The van der Waals surface area contributed by atoms with E-state index in [1.54, 1.807) is 0 Å². The Morgan fingerprint density at radius 3 is 2.47 bits per heavy atom. The zero-order chi connectivity index (χ0) is 10.6. The quantitative estimate of drug-likeness (QED) is 0.393. The topological polar surface area (TPSA) is 95.2 Å². The van der Waals surface area contributed by atoms with Gasteiger partial charge in [0.05, 0.1) is 15.9 Å². The number of rotatable bonds is 4. The van der Waals surface area contributed by atoms with Gasteiger partial charge < -0.3 is 15.6 Å². The predicted octanol–water partition coefficient (Wildman–Crippen LogP) is -3.60. The minimum absolute atomic E-state index is 0. The summed E-state index contributed by atoms with van der Waals surface area (Å²) in [5, 5.41) is 3.02. The van der Waals surface area contributed by atoms with Crippen molar-refractivity contribution >= 4 is 10.1 Å².